The number of amides is 1. The Morgan fingerprint density at radius 3 is 2.70 bits per heavy atom. The van der Waals surface area contributed by atoms with Gasteiger partial charge in [-0.1, -0.05) is 17.7 Å². The van der Waals surface area contributed by atoms with E-state index in [1.165, 1.54) is 6.26 Å². The maximum absolute atomic E-state index is 11.8. The van der Waals surface area contributed by atoms with Gasteiger partial charge in [-0.3, -0.25) is 4.79 Å². The monoisotopic (exact) mass is 275 g/mol. The lowest BCUT2D eigenvalue weighted by Gasteiger charge is -2.14. The van der Waals surface area contributed by atoms with Gasteiger partial charge in [-0.25, -0.2) is 0 Å². The van der Waals surface area contributed by atoms with Gasteiger partial charge in [0.25, 0.3) is 5.91 Å². The number of aliphatic hydroxyl groups is 1. The lowest BCUT2D eigenvalue weighted by Crippen LogP contribution is -2.34. The van der Waals surface area contributed by atoms with Crippen LogP contribution >= 0.6 is 0 Å². The van der Waals surface area contributed by atoms with E-state index >= 15 is 0 Å². The van der Waals surface area contributed by atoms with E-state index in [-0.39, 0.29) is 19.1 Å². The molecule has 1 amide bonds. The molecule has 20 heavy (non-hydrogen) atoms. The summed E-state index contributed by atoms with van der Waals surface area (Å²) in [5, 5.41) is 11.9. The molecule has 1 aromatic carbocycles. The number of hydrogen-bond donors (Lipinski definition) is 2. The van der Waals surface area contributed by atoms with Gasteiger partial charge in [0.2, 0.25) is 0 Å². The molecule has 0 aliphatic carbocycles. The molecule has 0 saturated heterocycles. The second-order valence-electron chi connectivity index (χ2n) is 4.42. The Balaban J connectivity index is 1.84. The number of carbonyl (C=O) groups excluding carboxylic acids is 1. The summed E-state index contributed by atoms with van der Waals surface area (Å²) in [4.78, 5) is 11.8. The Morgan fingerprint density at radius 1 is 1.35 bits per heavy atom. The van der Waals surface area contributed by atoms with Gasteiger partial charge in [-0.05, 0) is 31.2 Å². The highest BCUT2D eigenvalue weighted by Gasteiger charge is 2.16. The van der Waals surface area contributed by atoms with Crippen LogP contribution in [0, 0.1) is 6.92 Å². The van der Waals surface area contributed by atoms with Gasteiger partial charge >= 0.3 is 0 Å². The molecule has 106 valence electrons. The van der Waals surface area contributed by atoms with Crippen molar-refractivity contribution in [3.8, 4) is 5.75 Å². The number of ether oxygens (including phenoxy) is 1. The Hall–Kier alpha value is -2.27. The molecular weight excluding hydrogens is 258 g/mol. The lowest BCUT2D eigenvalue weighted by molar-refractivity contribution is -0.124. The maximum atomic E-state index is 11.8. The fourth-order valence-electron chi connectivity index (χ4n) is 1.72. The van der Waals surface area contributed by atoms with Crippen molar-refractivity contribution in [1.82, 2.24) is 5.32 Å². The van der Waals surface area contributed by atoms with E-state index in [0.717, 1.165) is 5.56 Å². The van der Waals surface area contributed by atoms with Crippen LogP contribution in [0.1, 0.15) is 17.4 Å². The molecule has 5 heteroatoms. The van der Waals surface area contributed by atoms with Crippen molar-refractivity contribution in [2.45, 2.75) is 13.0 Å². The molecule has 0 bridgehead atoms. The molecule has 1 aromatic heterocycles. The zero-order chi connectivity index (χ0) is 14.4. The van der Waals surface area contributed by atoms with Crippen LogP contribution in [-0.2, 0) is 4.79 Å². The molecule has 0 aliphatic heterocycles. The first kappa shape index (κ1) is 14.1. The van der Waals surface area contributed by atoms with Gasteiger partial charge in [0, 0.05) is 0 Å². The molecule has 0 spiro atoms. The third kappa shape index (κ3) is 3.86. The van der Waals surface area contributed by atoms with Crippen LogP contribution in [0.5, 0.6) is 5.75 Å². The SMILES string of the molecule is Cc1ccc(OCC(=O)NC(CO)c2ccco2)cc1. The van der Waals surface area contributed by atoms with Crippen molar-refractivity contribution in [2.75, 3.05) is 13.2 Å². The molecule has 2 rings (SSSR count). The minimum absolute atomic E-state index is 0.111. The third-order valence-corrected chi connectivity index (χ3v) is 2.80. The average Bonchev–Trinajstić information content (AvgIpc) is 2.98. The van der Waals surface area contributed by atoms with E-state index in [1.54, 1.807) is 24.3 Å². The summed E-state index contributed by atoms with van der Waals surface area (Å²) in [6.45, 7) is 1.63. The highest BCUT2D eigenvalue weighted by molar-refractivity contribution is 5.78. The summed E-state index contributed by atoms with van der Waals surface area (Å²) < 4.78 is 10.5. The summed E-state index contributed by atoms with van der Waals surface area (Å²) in [7, 11) is 0. The van der Waals surface area contributed by atoms with Crippen LogP contribution in [-0.4, -0.2) is 24.2 Å². The standard InChI is InChI=1S/C15H17NO4/c1-11-4-6-12(7-5-11)20-10-15(18)16-13(9-17)14-3-2-8-19-14/h2-8,13,17H,9-10H2,1H3,(H,16,18). The van der Waals surface area contributed by atoms with Crippen LogP contribution in [0.25, 0.3) is 0 Å². The van der Waals surface area contributed by atoms with Crippen LogP contribution < -0.4 is 10.1 Å². The zero-order valence-electron chi connectivity index (χ0n) is 11.2. The number of aliphatic hydroxyl groups excluding tert-OH is 1. The Kier molecular flexibility index (Phi) is 4.79. The number of rotatable bonds is 6. The number of carbonyl (C=O) groups is 1. The molecular formula is C15H17NO4. The summed E-state index contributed by atoms with van der Waals surface area (Å²) in [5.41, 5.74) is 1.12. The number of furan rings is 1. The molecule has 2 N–H and O–H groups in total. The fraction of sp³-hybridized carbons (Fsp3) is 0.267. The highest BCUT2D eigenvalue weighted by atomic mass is 16.5. The Labute approximate surface area is 117 Å². The Bertz CT molecular complexity index is 534. The largest absolute Gasteiger partial charge is 0.484 e. The van der Waals surface area contributed by atoms with E-state index in [1.807, 2.05) is 19.1 Å². The first-order valence-corrected chi connectivity index (χ1v) is 6.32. The van der Waals surface area contributed by atoms with Crippen molar-refractivity contribution in [3.63, 3.8) is 0 Å². The van der Waals surface area contributed by atoms with E-state index < -0.39 is 6.04 Å². The van der Waals surface area contributed by atoms with E-state index in [4.69, 9.17) is 9.15 Å². The van der Waals surface area contributed by atoms with E-state index in [2.05, 4.69) is 5.32 Å². The Morgan fingerprint density at radius 2 is 2.10 bits per heavy atom. The van der Waals surface area contributed by atoms with E-state index in [0.29, 0.717) is 11.5 Å². The van der Waals surface area contributed by atoms with Crippen molar-refractivity contribution in [3.05, 3.63) is 54.0 Å². The molecule has 1 unspecified atom stereocenters. The topological polar surface area (TPSA) is 71.7 Å². The highest BCUT2D eigenvalue weighted by Crippen LogP contribution is 2.13. The molecule has 0 aliphatic rings. The first-order chi connectivity index (χ1) is 9.69. The number of benzene rings is 1. The van der Waals surface area contributed by atoms with Crippen LogP contribution in [0.2, 0.25) is 0 Å². The summed E-state index contributed by atoms with van der Waals surface area (Å²) in [6, 6.07) is 10.3. The van der Waals surface area contributed by atoms with Crippen molar-refractivity contribution in [1.29, 1.82) is 0 Å². The summed E-state index contributed by atoms with van der Waals surface area (Å²) >= 11 is 0. The zero-order valence-corrected chi connectivity index (χ0v) is 11.2. The van der Waals surface area contributed by atoms with Gasteiger partial charge in [0.1, 0.15) is 17.6 Å². The third-order valence-electron chi connectivity index (χ3n) is 2.80. The molecule has 5 nitrogen and oxygen atoms in total. The van der Waals surface area contributed by atoms with Gasteiger partial charge in [-0.15, -0.1) is 0 Å². The normalized spacial score (nSPS) is 11.9. The second-order valence-corrected chi connectivity index (χ2v) is 4.42. The molecule has 2 aromatic rings. The number of hydrogen-bond acceptors (Lipinski definition) is 4. The van der Waals surface area contributed by atoms with Gasteiger partial charge < -0.3 is 19.6 Å². The minimum Gasteiger partial charge on any atom is -0.484 e. The summed E-state index contributed by atoms with van der Waals surface area (Å²) in [5.74, 6) is 0.821. The van der Waals surface area contributed by atoms with Crippen LogP contribution in [0.4, 0.5) is 0 Å². The van der Waals surface area contributed by atoms with Crippen LogP contribution in [0.15, 0.2) is 47.1 Å². The lowest BCUT2D eigenvalue weighted by atomic mass is 10.2. The van der Waals surface area contributed by atoms with Crippen molar-refractivity contribution >= 4 is 5.91 Å². The predicted octanol–water partition coefficient (Wildman–Crippen LogP) is 1.82. The predicted molar refractivity (Wildman–Crippen MR) is 73.4 cm³/mol. The molecule has 0 saturated carbocycles. The second kappa shape index (κ2) is 6.77. The fourth-order valence-corrected chi connectivity index (χ4v) is 1.72. The molecule has 0 fully saturated rings. The minimum atomic E-state index is -0.556. The smallest absolute Gasteiger partial charge is 0.258 e. The van der Waals surface area contributed by atoms with Gasteiger partial charge in [0.15, 0.2) is 6.61 Å². The maximum Gasteiger partial charge on any atom is 0.258 e. The van der Waals surface area contributed by atoms with Crippen molar-refractivity contribution < 1.29 is 19.1 Å². The first-order valence-electron chi connectivity index (χ1n) is 6.32. The number of aryl methyl sites for hydroxylation is 1. The van der Waals surface area contributed by atoms with Crippen molar-refractivity contribution in [2.24, 2.45) is 0 Å². The molecule has 1 atom stereocenters. The van der Waals surface area contributed by atoms with Crippen LogP contribution in [0.3, 0.4) is 0 Å². The number of nitrogens with one attached hydrogen (secondary N) is 1. The average molecular weight is 275 g/mol. The van der Waals surface area contributed by atoms with Gasteiger partial charge in [0.05, 0.1) is 12.9 Å². The van der Waals surface area contributed by atoms with E-state index in [9.17, 15) is 9.90 Å². The summed E-state index contributed by atoms with van der Waals surface area (Å²) in [6.07, 6.45) is 1.49. The quantitative estimate of drug-likeness (QED) is 0.843. The molecule has 1 heterocycles. The van der Waals surface area contributed by atoms with Gasteiger partial charge in [-0.2, -0.15) is 0 Å². The molecule has 0 radical (unpaired) electrons.